The fraction of sp³-hybridized carbons (Fsp3) is 0.273. The third kappa shape index (κ3) is 4.24. The van der Waals surface area contributed by atoms with Crippen LogP contribution in [0.15, 0.2) is 18.2 Å². The summed E-state index contributed by atoms with van der Waals surface area (Å²) in [4.78, 5) is 21.7. The van der Waals surface area contributed by atoms with E-state index in [0.717, 1.165) is 0 Å². The van der Waals surface area contributed by atoms with Crippen LogP contribution in [0.1, 0.15) is 24.9 Å². The van der Waals surface area contributed by atoms with E-state index in [2.05, 4.69) is 5.32 Å². The molecule has 0 aromatic heterocycles. The quantitative estimate of drug-likeness (QED) is 0.888. The lowest BCUT2D eigenvalue weighted by molar-refractivity contribution is -0.137. The van der Waals surface area contributed by atoms with Crippen LogP contribution in [-0.2, 0) is 9.59 Å². The third-order valence-corrected chi connectivity index (χ3v) is 2.84. The lowest BCUT2D eigenvalue weighted by atomic mass is 10.0. The highest BCUT2D eigenvalue weighted by Gasteiger charge is 2.17. The number of carbonyl (C=O) groups is 2. The van der Waals surface area contributed by atoms with Gasteiger partial charge >= 0.3 is 5.97 Å². The molecule has 1 atom stereocenters. The highest BCUT2D eigenvalue weighted by molar-refractivity contribution is 6.42. The van der Waals surface area contributed by atoms with E-state index in [1.807, 2.05) is 0 Å². The van der Waals surface area contributed by atoms with Crippen LogP contribution in [0.3, 0.4) is 0 Å². The summed E-state index contributed by atoms with van der Waals surface area (Å²) in [6.45, 7) is 1.33. The van der Waals surface area contributed by atoms with Gasteiger partial charge in [-0.15, -0.1) is 0 Å². The highest BCUT2D eigenvalue weighted by Crippen LogP contribution is 2.26. The van der Waals surface area contributed by atoms with Crippen LogP contribution in [0, 0.1) is 0 Å². The summed E-state index contributed by atoms with van der Waals surface area (Å²) in [6.07, 6.45) is -0.211. The number of halogens is 2. The maximum atomic E-state index is 11.0. The molecule has 0 saturated carbocycles. The average Bonchev–Trinajstić information content (AvgIpc) is 2.19. The molecule has 6 heteroatoms. The predicted octanol–water partition coefficient (Wildman–Crippen LogP) is 2.65. The minimum Gasteiger partial charge on any atom is -0.481 e. The van der Waals surface area contributed by atoms with Gasteiger partial charge in [-0.05, 0) is 17.7 Å². The van der Waals surface area contributed by atoms with Gasteiger partial charge in [-0.25, -0.2) is 0 Å². The van der Waals surface area contributed by atoms with Gasteiger partial charge in [-0.1, -0.05) is 29.3 Å². The first-order valence-corrected chi connectivity index (χ1v) is 5.59. The summed E-state index contributed by atoms with van der Waals surface area (Å²) >= 11 is 11.6. The predicted molar refractivity (Wildman–Crippen MR) is 65.3 cm³/mol. The summed E-state index contributed by atoms with van der Waals surface area (Å²) in [5, 5.41) is 12.0. The number of carbonyl (C=O) groups excluding carboxylic acids is 1. The molecule has 1 aromatic carbocycles. The van der Waals surface area contributed by atoms with Gasteiger partial charge < -0.3 is 10.4 Å². The molecule has 1 amide bonds. The van der Waals surface area contributed by atoms with Crippen molar-refractivity contribution in [1.82, 2.24) is 5.32 Å². The van der Waals surface area contributed by atoms with Gasteiger partial charge in [0.05, 0.1) is 22.5 Å². The summed E-state index contributed by atoms with van der Waals surface area (Å²) in [7, 11) is 0. The topological polar surface area (TPSA) is 66.4 Å². The van der Waals surface area contributed by atoms with E-state index in [0.29, 0.717) is 15.6 Å². The molecule has 0 aliphatic rings. The fourth-order valence-corrected chi connectivity index (χ4v) is 1.71. The molecule has 0 fully saturated rings. The second-order valence-corrected chi connectivity index (χ2v) is 4.34. The number of rotatable bonds is 4. The van der Waals surface area contributed by atoms with E-state index >= 15 is 0 Å². The van der Waals surface area contributed by atoms with E-state index in [1.165, 1.54) is 6.92 Å². The number of aliphatic carboxylic acids is 1. The number of amides is 1. The summed E-state index contributed by atoms with van der Waals surface area (Å²) in [6, 6.07) is 4.14. The molecule has 0 bridgehead atoms. The molecule has 2 N–H and O–H groups in total. The van der Waals surface area contributed by atoms with Crippen molar-refractivity contribution in [3.8, 4) is 0 Å². The molecule has 0 aliphatic heterocycles. The van der Waals surface area contributed by atoms with E-state index in [1.54, 1.807) is 18.2 Å². The Labute approximate surface area is 109 Å². The lowest BCUT2D eigenvalue weighted by Gasteiger charge is -2.16. The van der Waals surface area contributed by atoms with Crippen molar-refractivity contribution in [2.45, 2.75) is 19.4 Å². The summed E-state index contributed by atoms with van der Waals surface area (Å²) < 4.78 is 0. The van der Waals surface area contributed by atoms with Crippen molar-refractivity contribution in [1.29, 1.82) is 0 Å². The number of hydrogen-bond donors (Lipinski definition) is 2. The molecule has 1 unspecified atom stereocenters. The van der Waals surface area contributed by atoms with Crippen molar-refractivity contribution in [3.05, 3.63) is 33.8 Å². The van der Waals surface area contributed by atoms with Crippen molar-refractivity contribution in [3.63, 3.8) is 0 Å². The Balaban J connectivity index is 2.98. The maximum absolute atomic E-state index is 11.0. The van der Waals surface area contributed by atoms with Crippen molar-refractivity contribution < 1.29 is 14.7 Å². The average molecular weight is 276 g/mol. The standard InChI is InChI=1S/C11H11Cl2NO3/c1-6(15)14-10(5-11(16)17)7-2-3-8(12)9(13)4-7/h2-4,10H,5H2,1H3,(H,14,15)(H,16,17). The van der Waals surface area contributed by atoms with Gasteiger partial charge in [0.25, 0.3) is 0 Å². The molecule has 1 rings (SSSR count). The molecule has 1 aromatic rings. The SMILES string of the molecule is CC(=O)NC(CC(=O)O)c1ccc(Cl)c(Cl)c1. The molecule has 0 saturated heterocycles. The number of carboxylic acid groups (broad SMARTS) is 1. The number of benzene rings is 1. The first-order chi connectivity index (χ1) is 7.90. The smallest absolute Gasteiger partial charge is 0.305 e. The van der Waals surface area contributed by atoms with Crippen LogP contribution in [0.5, 0.6) is 0 Å². The Morgan fingerprint density at radius 1 is 1.35 bits per heavy atom. The normalized spacial score (nSPS) is 11.9. The Bertz CT molecular complexity index is 432. The van der Waals surface area contributed by atoms with Gasteiger partial charge in [0, 0.05) is 6.92 Å². The Morgan fingerprint density at radius 2 is 2.00 bits per heavy atom. The van der Waals surface area contributed by atoms with Crippen LogP contribution < -0.4 is 5.32 Å². The summed E-state index contributed by atoms with van der Waals surface area (Å²) in [5.41, 5.74) is 0.608. The molecular formula is C11H11Cl2NO3. The Hall–Kier alpha value is -1.26. The van der Waals surface area contributed by atoms with Gasteiger partial charge in [-0.2, -0.15) is 0 Å². The Kier molecular flexibility index (Phi) is 4.78. The van der Waals surface area contributed by atoms with Crippen molar-refractivity contribution in [2.24, 2.45) is 0 Å². The van der Waals surface area contributed by atoms with Crippen molar-refractivity contribution >= 4 is 35.1 Å². The van der Waals surface area contributed by atoms with Crippen LogP contribution in [0.2, 0.25) is 10.0 Å². The molecule has 17 heavy (non-hydrogen) atoms. The summed E-state index contributed by atoms with van der Waals surface area (Å²) in [5.74, 6) is -1.31. The van der Waals surface area contributed by atoms with Crippen LogP contribution in [0.25, 0.3) is 0 Å². The van der Waals surface area contributed by atoms with Gasteiger partial charge in [0.2, 0.25) is 5.91 Å². The van der Waals surface area contributed by atoms with Crippen molar-refractivity contribution in [2.75, 3.05) is 0 Å². The second-order valence-electron chi connectivity index (χ2n) is 3.52. The Morgan fingerprint density at radius 3 is 2.47 bits per heavy atom. The van der Waals surface area contributed by atoms with Crippen LogP contribution in [0.4, 0.5) is 0 Å². The molecule has 0 spiro atoms. The van der Waals surface area contributed by atoms with E-state index < -0.39 is 12.0 Å². The van der Waals surface area contributed by atoms with E-state index in [9.17, 15) is 9.59 Å². The zero-order chi connectivity index (χ0) is 13.0. The molecule has 92 valence electrons. The second kappa shape index (κ2) is 5.89. The zero-order valence-corrected chi connectivity index (χ0v) is 10.5. The largest absolute Gasteiger partial charge is 0.481 e. The minimum atomic E-state index is -1.00. The molecular weight excluding hydrogens is 265 g/mol. The van der Waals surface area contributed by atoms with E-state index in [-0.39, 0.29) is 12.3 Å². The minimum absolute atomic E-state index is 0.211. The number of carboxylic acids is 1. The lowest BCUT2D eigenvalue weighted by Crippen LogP contribution is -2.27. The molecule has 0 heterocycles. The maximum Gasteiger partial charge on any atom is 0.305 e. The van der Waals surface area contributed by atoms with Gasteiger partial charge in [0.15, 0.2) is 0 Å². The monoisotopic (exact) mass is 275 g/mol. The number of hydrogen-bond acceptors (Lipinski definition) is 2. The van der Waals surface area contributed by atoms with Crippen LogP contribution in [-0.4, -0.2) is 17.0 Å². The molecule has 0 radical (unpaired) electrons. The first kappa shape index (κ1) is 13.8. The van der Waals surface area contributed by atoms with Crippen LogP contribution >= 0.6 is 23.2 Å². The molecule has 4 nitrogen and oxygen atoms in total. The molecule has 0 aliphatic carbocycles. The number of nitrogens with one attached hydrogen (secondary N) is 1. The zero-order valence-electron chi connectivity index (χ0n) is 9.04. The highest BCUT2D eigenvalue weighted by atomic mass is 35.5. The van der Waals surface area contributed by atoms with Gasteiger partial charge in [0.1, 0.15) is 0 Å². The van der Waals surface area contributed by atoms with E-state index in [4.69, 9.17) is 28.3 Å². The van der Waals surface area contributed by atoms with Gasteiger partial charge in [-0.3, -0.25) is 9.59 Å². The third-order valence-electron chi connectivity index (χ3n) is 2.10. The fourth-order valence-electron chi connectivity index (χ4n) is 1.40. The first-order valence-electron chi connectivity index (χ1n) is 4.84.